The molecule has 1 aliphatic heterocycles. The first-order valence-electron chi connectivity index (χ1n) is 8.04. The molecule has 1 N–H and O–H groups in total. The number of thiophene rings is 1. The van der Waals surface area contributed by atoms with Gasteiger partial charge in [0.1, 0.15) is 0 Å². The van der Waals surface area contributed by atoms with Crippen molar-refractivity contribution in [2.75, 3.05) is 11.5 Å². The van der Waals surface area contributed by atoms with E-state index in [0.717, 1.165) is 10.7 Å². The number of nitrogens with zero attached hydrogens (tertiary/aromatic N) is 3. The molecule has 7 nitrogen and oxygen atoms in total. The summed E-state index contributed by atoms with van der Waals surface area (Å²) in [7, 11) is -3.00. The lowest BCUT2D eigenvalue weighted by molar-refractivity contribution is -0.120. The minimum atomic E-state index is -3.00. The third kappa shape index (κ3) is 4.24. The molecular formula is C15H20N4O3S3. The van der Waals surface area contributed by atoms with E-state index in [2.05, 4.69) is 15.5 Å². The van der Waals surface area contributed by atoms with Gasteiger partial charge >= 0.3 is 0 Å². The van der Waals surface area contributed by atoms with Crippen LogP contribution in [-0.2, 0) is 21.2 Å². The number of aromatic nitrogens is 3. The number of hydrogen-bond donors (Lipinski definition) is 1. The van der Waals surface area contributed by atoms with E-state index in [4.69, 9.17) is 0 Å². The minimum Gasteiger partial charge on any atom is -0.351 e. The zero-order chi connectivity index (χ0) is 18.0. The molecule has 0 saturated carbocycles. The maximum Gasteiger partial charge on any atom is 0.233 e. The smallest absolute Gasteiger partial charge is 0.233 e. The molecule has 2 aromatic rings. The highest BCUT2D eigenvalue weighted by atomic mass is 32.2. The summed E-state index contributed by atoms with van der Waals surface area (Å²) < 4.78 is 25.0. The summed E-state index contributed by atoms with van der Waals surface area (Å²) in [6.07, 6.45) is 0.485. The summed E-state index contributed by atoms with van der Waals surface area (Å²) in [5.41, 5.74) is 0. The molecule has 0 radical (unpaired) electrons. The number of sulfone groups is 1. The molecule has 1 fully saturated rings. The fourth-order valence-corrected chi connectivity index (χ4v) is 6.00. The molecule has 1 aliphatic rings. The van der Waals surface area contributed by atoms with Gasteiger partial charge in [-0.3, -0.25) is 4.79 Å². The van der Waals surface area contributed by atoms with Gasteiger partial charge in [-0.15, -0.1) is 21.5 Å². The molecule has 3 heterocycles. The molecule has 1 saturated heterocycles. The van der Waals surface area contributed by atoms with Gasteiger partial charge in [0, 0.05) is 12.6 Å². The Kier molecular flexibility index (Phi) is 5.49. The van der Waals surface area contributed by atoms with Crippen LogP contribution in [0.1, 0.15) is 20.3 Å². The standard InChI is InChI=1S/C15H20N4O3S3/c1-3-19-13(12-5-4-7-23-12)17-18-15(19)24-10(2)14(20)16-11-6-8-25(21,22)9-11/h4-5,7,10-11H,3,6,8-9H2,1-2H3,(H,16,20)/t10-,11-/m1/s1. The quantitative estimate of drug-likeness (QED) is 0.743. The Hall–Kier alpha value is -1.39. The Labute approximate surface area is 155 Å². The highest BCUT2D eigenvalue weighted by Gasteiger charge is 2.30. The third-order valence-electron chi connectivity index (χ3n) is 4.00. The average molecular weight is 401 g/mol. The predicted molar refractivity (Wildman–Crippen MR) is 99.5 cm³/mol. The van der Waals surface area contributed by atoms with E-state index in [9.17, 15) is 13.2 Å². The average Bonchev–Trinajstić information content (AvgIpc) is 3.26. The maximum atomic E-state index is 12.4. The summed E-state index contributed by atoms with van der Waals surface area (Å²) in [6, 6.07) is 3.67. The first kappa shape index (κ1) is 18.4. The van der Waals surface area contributed by atoms with E-state index < -0.39 is 9.84 Å². The van der Waals surface area contributed by atoms with Gasteiger partial charge in [-0.2, -0.15) is 0 Å². The van der Waals surface area contributed by atoms with E-state index in [1.165, 1.54) is 11.8 Å². The lowest BCUT2D eigenvalue weighted by Gasteiger charge is -2.15. The molecule has 136 valence electrons. The fraction of sp³-hybridized carbons (Fsp3) is 0.533. The van der Waals surface area contributed by atoms with E-state index >= 15 is 0 Å². The van der Waals surface area contributed by atoms with Crippen molar-refractivity contribution in [3.8, 4) is 10.7 Å². The maximum absolute atomic E-state index is 12.4. The van der Waals surface area contributed by atoms with Crippen LogP contribution in [0.4, 0.5) is 0 Å². The second kappa shape index (κ2) is 7.46. The molecule has 0 bridgehead atoms. The van der Waals surface area contributed by atoms with Gasteiger partial charge in [-0.05, 0) is 31.7 Å². The summed E-state index contributed by atoms with van der Waals surface area (Å²) >= 11 is 2.93. The first-order chi connectivity index (χ1) is 11.9. The van der Waals surface area contributed by atoms with Gasteiger partial charge in [0.15, 0.2) is 20.8 Å². The Bertz CT molecular complexity index is 846. The van der Waals surface area contributed by atoms with E-state index in [0.29, 0.717) is 18.1 Å². The van der Waals surface area contributed by atoms with Crippen LogP contribution in [0.5, 0.6) is 0 Å². The van der Waals surface area contributed by atoms with E-state index in [-0.39, 0.29) is 28.7 Å². The van der Waals surface area contributed by atoms with Gasteiger partial charge < -0.3 is 9.88 Å². The molecule has 1 amide bonds. The van der Waals surface area contributed by atoms with Crippen molar-refractivity contribution < 1.29 is 13.2 Å². The SMILES string of the molecule is CCn1c(S[C@H](C)C(=O)N[C@@H]2CCS(=O)(=O)C2)nnc1-c1cccs1. The topological polar surface area (TPSA) is 94.0 Å². The molecule has 10 heteroatoms. The van der Waals surface area contributed by atoms with Crippen LogP contribution in [0.2, 0.25) is 0 Å². The van der Waals surface area contributed by atoms with Crippen LogP contribution < -0.4 is 5.32 Å². The Morgan fingerprint density at radius 1 is 1.52 bits per heavy atom. The van der Waals surface area contributed by atoms with Crippen molar-refractivity contribution in [3.05, 3.63) is 17.5 Å². The lowest BCUT2D eigenvalue weighted by Crippen LogP contribution is -2.40. The largest absolute Gasteiger partial charge is 0.351 e. The molecule has 2 aromatic heterocycles. The van der Waals surface area contributed by atoms with Gasteiger partial charge in [0.05, 0.1) is 21.6 Å². The molecular weight excluding hydrogens is 380 g/mol. The molecule has 0 aromatic carbocycles. The normalized spacial score (nSPS) is 20.5. The van der Waals surface area contributed by atoms with Gasteiger partial charge in [0.2, 0.25) is 5.91 Å². The number of carbonyl (C=O) groups is 1. The molecule has 3 rings (SSSR count). The molecule has 0 spiro atoms. The summed E-state index contributed by atoms with van der Waals surface area (Å²) in [5.74, 6) is 0.808. The Morgan fingerprint density at radius 2 is 2.32 bits per heavy atom. The zero-order valence-electron chi connectivity index (χ0n) is 14.0. The number of rotatable bonds is 6. The van der Waals surface area contributed by atoms with Crippen molar-refractivity contribution >= 4 is 38.8 Å². The summed E-state index contributed by atoms with van der Waals surface area (Å²) in [6.45, 7) is 4.51. The third-order valence-corrected chi connectivity index (χ3v) is 7.72. The highest BCUT2D eigenvalue weighted by Crippen LogP contribution is 2.29. The molecule has 0 unspecified atom stereocenters. The van der Waals surface area contributed by atoms with Crippen molar-refractivity contribution in [2.45, 2.75) is 43.3 Å². The second-order valence-corrected chi connectivity index (χ2v) is 10.4. The number of carbonyl (C=O) groups excluding carboxylic acids is 1. The number of thioether (sulfide) groups is 1. The van der Waals surface area contributed by atoms with Crippen molar-refractivity contribution in [1.82, 2.24) is 20.1 Å². The first-order valence-corrected chi connectivity index (χ1v) is 11.6. The lowest BCUT2D eigenvalue weighted by atomic mass is 10.2. The minimum absolute atomic E-state index is 0.0315. The van der Waals surface area contributed by atoms with Crippen LogP contribution in [0.25, 0.3) is 10.7 Å². The van der Waals surface area contributed by atoms with Crippen molar-refractivity contribution in [2.24, 2.45) is 0 Å². The molecule has 0 aliphatic carbocycles. The van der Waals surface area contributed by atoms with E-state index in [1.807, 2.05) is 29.0 Å². The molecule has 2 atom stereocenters. The van der Waals surface area contributed by atoms with Gasteiger partial charge in [-0.25, -0.2) is 8.42 Å². The highest BCUT2D eigenvalue weighted by molar-refractivity contribution is 8.00. The van der Waals surface area contributed by atoms with E-state index in [1.54, 1.807) is 18.3 Å². The van der Waals surface area contributed by atoms with Crippen LogP contribution >= 0.6 is 23.1 Å². The Morgan fingerprint density at radius 3 is 2.92 bits per heavy atom. The predicted octanol–water partition coefficient (Wildman–Crippen LogP) is 1.81. The summed E-state index contributed by atoms with van der Waals surface area (Å²) in [4.78, 5) is 13.4. The Balaban J connectivity index is 1.66. The van der Waals surface area contributed by atoms with Crippen LogP contribution in [0.3, 0.4) is 0 Å². The van der Waals surface area contributed by atoms with Crippen LogP contribution in [0.15, 0.2) is 22.7 Å². The van der Waals surface area contributed by atoms with Crippen LogP contribution in [0, 0.1) is 0 Å². The fourth-order valence-electron chi connectivity index (χ4n) is 2.69. The van der Waals surface area contributed by atoms with Crippen molar-refractivity contribution in [3.63, 3.8) is 0 Å². The second-order valence-electron chi connectivity index (χ2n) is 5.90. The monoisotopic (exact) mass is 400 g/mol. The van der Waals surface area contributed by atoms with Gasteiger partial charge in [-0.1, -0.05) is 17.8 Å². The summed E-state index contributed by atoms with van der Waals surface area (Å²) in [5, 5.41) is 13.6. The molecule has 25 heavy (non-hydrogen) atoms. The number of nitrogens with one attached hydrogen (secondary N) is 1. The van der Waals surface area contributed by atoms with Crippen molar-refractivity contribution in [1.29, 1.82) is 0 Å². The zero-order valence-corrected chi connectivity index (χ0v) is 16.5. The number of amides is 1. The van der Waals surface area contributed by atoms with Crippen LogP contribution in [-0.4, -0.2) is 51.9 Å². The van der Waals surface area contributed by atoms with Gasteiger partial charge in [0.25, 0.3) is 0 Å². The number of hydrogen-bond acceptors (Lipinski definition) is 7.